The summed E-state index contributed by atoms with van der Waals surface area (Å²) in [6.45, 7) is 1.66. The summed E-state index contributed by atoms with van der Waals surface area (Å²) >= 11 is 0. The van der Waals surface area contributed by atoms with E-state index in [-0.39, 0.29) is 36.5 Å². The summed E-state index contributed by atoms with van der Waals surface area (Å²) in [7, 11) is 1.30. The molecule has 1 amide bonds. The molecule has 2 aliphatic rings. The molecule has 0 saturated heterocycles. The highest BCUT2D eigenvalue weighted by Gasteiger charge is 2.44. The summed E-state index contributed by atoms with van der Waals surface area (Å²) in [6, 6.07) is 14.2. The third kappa shape index (κ3) is 6.13. The Labute approximate surface area is 224 Å². The van der Waals surface area contributed by atoms with Crippen LogP contribution in [-0.2, 0) is 14.3 Å². The number of nitrogens with one attached hydrogen (secondary N) is 1. The standard InChI is InChI=1S/C30H29F2NO6/c1-18-12-26-27(39-30(31,32)38-26)15-24(18)25(16-29(35)36-2)20-9-8-19-10-11-23(14-21(19)13-20)37-17-28(34)33-22-6-4-3-5-7-22/h4,6,8-15,22,25H,3,5,7,16-17H2,1-2H3,(H,33,34). The number of halogens is 2. The lowest BCUT2D eigenvalue weighted by Crippen LogP contribution is -2.37. The van der Waals surface area contributed by atoms with E-state index in [0.717, 1.165) is 35.6 Å². The number of benzene rings is 3. The quantitative estimate of drug-likeness (QED) is 0.290. The van der Waals surface area contributed by atoms with Crippen LogP contribution in [0, 0.1) is 6.92 Å². The van der Waals surface area contributed by atoms with Crippen molar-refractivity contribution in [3.8, 4) is 17.2 Å². The smallest absolute Gasteiger partial charge is 0.484 e. The molecule has 9 heteroatoms. The molecule has 3 aromatic carbocycles. The van der Waals surface area contributed by atoms with Crippen molar-refractivity contribution in [3.05, 3.63) is 77.4 Å². The zero-order valence-corrected chi connectivity index (χ0v) is 21.7. The molecule has 0 bridgehead atoms. The Kier molecular flexibility index (Phi) is 7.41. The van der Waals surface area contributed by atoms with Crippen LogP contribution < -0.4 is 19.5 Å². The van der Waals surface area contributed by atoms with Gasteiger partial charge in [-0.2, -0.15) is 0 Å². The molecule has 0 fully saturated rings. The van der Waals surface area contributed by atoms with E-state index in [9.17, 15) is 18.4 Å². The Morgan fingerprint density at radius 2 is 1.85 bits per heavy atom. The molecule has 2 atom stereocenters. The maximum atomic E-state index is 13.7. The predicted molar refractivity (Wildman–Crippen MR) is 140 cm³/mol. The van der Waals surface area contributed by atoms with Crippen LogP contribution in [0.3, 0.4) is 0 Å². The first-order valence-corrected chi connectivity index (χ1v) is 12.8. The number of carbonyl (C=O) groups excluding carboxylic acids is 2. The number of hydrogen-bond acceptors (Lipinski definition) is 6. The first-order valence-electron chi connectivity index (χ1n) is 12.8. The number of fused-ring (bicyclic) bond motifs is 2. The van der Waals surface area contributed by atoms with Gasteiger partial charge in [0.2, 0.25) is 0 Å². The molecule has 0 spiro atoms. The van der Waals surface area contributed by atoms with E-state index >= 15 is 0 Å². The summed E-state index contributed by atoms with van der Waals surface area (Å²) in [6.07, 6.45) is 3.33. The van der Waals surface area contributed by atoms with Crippen molar-refractivity contribution < 1.29 is 37.3 Å². The van der Waals surface area contributed by atoms with Crippen molar-refractivity contribution in [1.82, 2.24) is 5.32 Å². The second kappa shape index (κ2) is 10.9. The van der Waals surface area contributed by atoms with Crippen LogP contribution in [0.2, 0.25) is 0 Å². The van der Waals surface area contributed by atoms with Gasteiger partial charge >= 0.3 is 12.3 Å². The van der Waals surface area contributed by atoms with Crippen molar-refractivity contribution in [3.63, 3.8) is 0 Å². The van der Waals surface area contributed by atoms with Crippen LogP contribution in [-0.4, -0.2) is 37.9 Å². The Morgan fingerprint density at radius 1 is 1.08 bits per heavy atom. The number of carbonyl (C=O) groups is 2. The zero-order valence-electron chi connectivity index (χ0n) is 21.7. The maximum absolute atomic E-state index is 13.7. The van der Waals surface area contributed by atoms with Gasteiger partial charge in [0.1, 0.15) is 5.75 Å². The summed E-state index contributed by atoms with van der Waals surface area (Å²) in [4.78, 5) is 24.7. The number of methoxy groups -OCH3 is 1. The molecule has 1 aliphatic heterocycles. The number of ether oxygens (including phenoxy) is 4. The lowest BCUT2D eigenvalue weighted by molar-refractivity contribution is -0.286. The molecule has 7 nitrogen and oxygen atoms in total. The second-order valence-electron chi connectivity index (χ2n) is 9.75. The summed E-state index contributed by atoms with van der Waals surface area (Å²) < 4.78 is 47.3. The second-order valence-corrected chi connectivity index (χ2v) is 9.75. The Hall–Kier alpha value is -4.14. The zero-order chi connectivity index (χ0) is 27.6. The number of aryl methyl sites for hydroxylation is 1. The summed E-state index contributed by atoms with van der Waals surface area (Å²) in [5.74, 6) is -0.750. The van der Waals surface area contributed by atoms with E-state index in [1.807, 2.05) is 36.4 Å². The summed E-state index contributed by atoms with van der Waals surface area (Å²) in [5.41, 5.74) is 2.08. The average Bonchev–Trinajstić information content (AvgIpc) is 3.22. The molecule has 0 saturated carbocycles. The van der Waals surface area contributed by atoms with Gasteiger partial charge in [-0.1, -0.05) is 36.4 Å². The van der Waals surface area contributed by atoms with Crippen molar-refractivity contribution in [2.24, 2.45) is 0 Å². The molecule has 1 aliphatic carbocycles. The van der Waals surface area contributed by atoms with E-state index in [2.05, 4.69) is 20.9 Å². The van der Waals surface area contributed by atoms with E-state index < -0.39 is 18.2 Å². The highest BCUT2D eigenvalue weighted by atomic mass is 19.3. The SMILES string of the molecule is COC(=O)CC(c1ccc2ccc(OCC(=O)NC3C=CCCC3)cc2c1)c1cc2c(cc1C)OC(F)(F)O2. The molecule has 0 radical (unpaired) electrons. The van der Waals surface area contributed by atoms with E-state index in [4.69, 9.17) is 9.47 Å². The van der Waals surface area contributed by atoms with Crippen LogP contribution in [0.25, 0.3) is 10.8 Å². The number of alkyl halides is 2. The Morgan fingerprint density at radius 3 is 2.59 bits per heavy atom. The molecular weight excluding hydrogens is 508 g/mol. The van der Waals surface area contributed by atoms with Gasteiger partial charge in [-0.3, -0.25) is 9.59 Å². The molecule has 1 N–H and O–H groups in total. The Bertz CT molecular complexity index is 1440. The first kappa shape index (κ1) is 26.5. The summed E-state index contributed by atoms with van der Waals surface area (Å²) in [5, 5.41) is 4.73. The number of esters is 1. The highest BCUT2D eigenvalue weighted by molar-refractivity contribution is 5.85. The largest absolute Gasteiger partial charge is 0.586 e. The fourth-order valence-corrected chi connectivity index (χ4v) is 5.03. The normalized spacial score (nSPS) is 18.0. The predicted octanol–water partition coefficient (Wildman–Crippen LogP) is 5.77. The fraction of sp³-hybridized carbons (Fsp3) is 0.333. The number of rotatable bonds is 8. The van der Waals surface area contributed by atoms with E-state index in [1.54, 1.807) is 13.0 Å². The Balaban J connectivity index is 1.40. The van der Waals surface area contributed by atoms with Gasteiger partial charge in [0, 0.05) is 12.0 Å². The minimum Gasteiger partial charge on any atom is -0.484 e. The average molecular weight is 538 g/mol. The minimum atomic E-state index is -3.74. The first-order chi connectivity index (χ1) is 18.7. The third-order valence-electron chi connectivity index (χ3n) is 6.97. The minimum absolute atomic E-state index is 0.00907. The molecule has 3 aromatic rings. The highest BCUT2D eigenvalue weighted by Crippen LogP contribution is 2.45. The van der Waals surface area contributed by atoms with Crippen molar-refractivity contribution >= 4 is 22.6 Å². The van der Waals surface area contributed by atoms with Crippen LogP contribution >= 0.6 is 0 Å². The van der Waals surface area contributed by atoms with Gasteiger partial charge < -0.3 is 24.3 Å². The molecule has 5 rings (SSSR count). The van der Waals surface area contributed by atoms with Crippen molar-refractivity contribution in [2.75, 3.05) is 13.7 Å². The molecular formula is C30H29F2NO6. The van der Waals surface area contributed by atoms with Gasteiger partial charge in [-0.05, 0) is 77.9 Å². The van der Waals surface area contributed by atoms with Gasteiger partial charge in [-0.25, -0.2) is 0 Å². The number of allylic oxidation sites excluding steroid dienone is 1. The van der Waals surface area contributed by atoms with Crippen LogP contribution in [0.5, 0.6) is 17.2 Å². The number of amides is 1. The van der Waals surface area contributed by atoms with Crippen molar-refractivity contribution in [2.45, 2.75) is 50.9 Å². The van der Waals surface area contributed by atoms with E-state index in [1.165, 1.54) is 19.2 Å². The topological polar surface area (TPSA) is 83.1 Å². The maximum Gasteiger partial charge on any atom is 0.586 e. The molecule has 2 unspecified atom stereocenters. The lowest BCUT2D eigenvalue weighted by atomic mass is 9.85. The molecule has 204 valence electrons. The number of hydrogen-bond donors (Lipinski definition) is 1. The molecule has 0 aromatic heterocycles. The van der Waals surface area contributed by atoms with Crippen molar-refractivity contribution in [1.29, 1.82) is 0 Å². The van der Waals surface area contributed by atoms with Crippen LogP contribution in [0.4, 0.5) is 8.78 Å². The third-order valence-corrected chi connectivity index (χ3v) is 6.97. The van der Waals surface area contributed by atoms with Gasteiger partial charge in [0.15, 0.2) is 18.1 Å². The van der Waals surface area contributed by atoms with Crippen LogP contribution in [0.1, 0.15) is 48.3 Å². The van der Waals surface area contributed by atoms with Crippen LogP contribution in [0.15, 0.2) is 60.7 Å². The van der Waals surface area contributed by atoms with E-state index in [0.29, 0.717) is 16.9 Å². The lowest BCUT2D eigenvalue weighted by Gasteiger charge is -2.20. The fourth-order valence-electron chi connectivity index (χ4n) is 5.03. The molecule has 39 heavy (non-hydrogen) atoms. The van der Waals surface area contributed by atoms with Gasteiger partial charge in [0.05, 0.1) is 13.5 Å². The monoisotopic (exact) mass is 537 g/mol. The van der Waals surface area contributed by atoms with Gasteiger partial charge in [0.25, 0.3) is 5.91 Å². The molecule has 1 heterocycles. The van der Waals surface area contributed by atoms with Gasteiger partial charge in [-0.15, -0.1) is 8.78 Å².